The van der Waals surface area contributed by atoms with Crippen molar-refractivity contribution >= 4 is 5.78 Å². The van der Waals surface area contributed by atoms with E-state index in [-0.39, 0.29) is 5.78 Å². The molecule has 0 aromatic heterocycles. The summed E-state index contributed by atoms with van der Waals surface area (Å²) in [6.07, 6.45) is 5.68. The number of hydrogen-bond acceptors (Lipinski definition) is 2. The molecule has 1 aliphatic carbocycles. The van der Waals surface area contributed by atoms with Gasteiger partial charge in [0, 0.05) is 13.5 Å². The number of hydrogen-bond donors (Lipinski definition) is 0. The van der Waals surface area contributed by atoms with E-state index in [9.17, 15) is 4.79 Å². The van der Waals surface area contributed by atoms with Crippen LogP contribution < -0.4 is 0 Å². The number of carbonyl (C=O) groups is 1. The van der Waals surface area contributed by atoms with Gasteiger partial charge in [0.05, 0.1) is 0 Å². The lowest BCUT2D eigenvalue weighted by Crippen LogP contribution is -2.43. The second kappa shape index (κ2) is 6.53. The molecule has 1 fully saturated rings. The molecule has 20 heavy (non-hydrogen) atoms. The Balaban J connectivity index is 2.06. The number of carbonyl (C=O) groups excluding carboxylic acids is 1. The van der Waals surface area contributed by atoms with Gasteiger partial charge in [0.15, 0.2) is 5.78 Å². The fraction of sp³-hybridized carbons (Fsp3) is 0.611. The Bertz CT molecular complexity index is 439. The Kier molecular flexibility index (Phi) is 4.98. The van der Waals surface area contributed by atoms with Gasteiger partial charge < -0.3 is 4.74 Å². The highest BCUT2D eigenvalue weighted by Crippen LogP contribution is 2.33. The van der Waals surface area contributed by atoms with Crippen LogP contribution in [0.15, 0.2) is 24.3 Å². The molecule has 0 heterocycles. The van der Waals surface area contributed by atoms with Crippen molar-refractivity contribution in [1.82, 2.24) is 0 Å². The maximum atomic E-state index is 12.6. The van der Waals surface area contributed by atoms with Crippen LogP contribution in [0.1, 0.15) is 63.0 Å². The number of ketones is 1. The number of methoxy groups -OCH3 is 1. The molecule has 2 rings (SSSR count). The lowest BCUT2D eigenvalue weighted by molar-refractivity contribution is -0.144. The zero-order valence-corrected chi connectivity index (χ0v) is 12.9. The summed E-state index contributed by atoms with van der Waals surface area (Å²) in [5.74, 6) is 0.778. The summed E-state index contributed by atoms with van der Waals surface area (Å²) in [4.78, 5) is 12.6. The van der Waals surface area contributed by atoms with Gasteiger partial charge in [-0.1, -0.05) is 57.4 Å². The highest BCUT2D eigenvalue weighted by Gasteiger charge is 2.38. The molecule has 0 unspecified atom stereocenters. The quantitative estimate of drug-likeness (QED) is 0.801. The molecule has 0 bridgehead atoms. The Labute approximate surface area is 122 Å². The maximum Gasteiger partial charge on any atom is 0.168 e. The Hall–Kier alpha value is -1.15. The summed E-state index contributed by atoms with van der Waals surface area (Å²) in [5.41, 5.74) is 1.90. The van der Waals surface area contributed by atoms with Crippen molar-refractivity contribution in [1.29, 1.82) is 0 Å². The molecule has 0 saturated heterocycles. The Morgan fingerprint density at radius 3 is 2.25 bits per heavy atom. The third-order valence-corrected chi connectivity index (χ3v) is 4.57. The van der Waals surface area contributed by atoms with Gasteiger partial charge in [-0.3, -0.25) is 4.79 Å². The molecule has 0 amide bonds. The summed E-state index contributed by atoms with van der Waals surface area (Å²) in [7, 11) is 1.69. The molecule has 0 atom stereocenters. The highest BCUT2D eigenvalue weighted by molar-refractivity contribution is 5.89. The number of ether oxygens (including phenoxy) is 1. The second-order valence-corrected chi connectivity index (χ2v) is 6.26. The minimum absolute atomic E-state index is 0.247. The molecule has 1 aromatic rings. The van der Waals surface area contributed by atoms with E-state index in [1.165, 1.54) is 12.0 Å². The molecule has 0 N–H and O–H groups in total. The third kappa shape index (κ3) is 3.29. The molecule has 0 radical (unpaired) electrons. The summed E-state index contributed by atoms with van der Waals surface area (Å²) >= 11 is 0. The highest BCUT2D eigenvalue weighted by atomic mass is 16.5. The van der Waals surface area contributed by atoms with E-state index in [1.807, 2.05) is 0 Å². The number of benzene rings is 1. The molecule has 1 saturated carbocycles. The van der Waals surface area contributed by atoms with Crippen molar-refractivity contribution in [2.75, 3.05) is 7.11 Å². The lowest BCUT2D eigenvalue weighted by atomic mass is 9.79. The van der Waals surface area contributed by atoms with Crippen molar-refractivity contribution in [3.63, 3.8) is 0 Å². The van der Waals surface area contributed by atoms with Crippen molar-refractivity contribution in [3.05, 3.63) is 35.4 Å². The van der Waals surface area contributed by atoms with E-state index in [2.05, 4.69) is 38.1 Å². The predicted octanol–water partition coefficient (Wildman–Crippen LogP) is 4.27. The van der Waals surface area contributed by atoms with Gasteiger partial charge in [0.1, 0.15) is 5.60 Å². The predicted molar refractivity (Wildman–Crippen MR) is 82.1 cm³/mol. The van der Waals surface area contributed by atoms with Crippen LogP contribution in [0.4, 0.5) is 0 Å². The summed E-state index contributed by atoms with van der Waals surface area (Å²) < 4.78 is 5.63. The van der Waals surface area contributed by atoms with Crippen molar-refractivity contribution in [2.24, 2.45) is 0 Å². The van der Waals surface area contributed by atoms with Gasteiger partial charge in [-0.05, 0) is 29.9 Å². The molecule has 0 aliphatic heterocycles. The Morgan fingerprint density at radius 2 is 1.75 bits per heavy atom. The lowest BCUT2D eigenvalue weighted by Gasteiger charge is -2.34. The SMILES string of the molecule is COC1(C(=O)Cc2ccc(C(C)C)cc2)CCCCC1. The van der Waals surface area contributed by atoms with E-state index in [1.54, 1.807) is 7.11 Å². The minimum Gasteiger partial charge on any atom is -0.370 e. The fourth-order valence-corrected chi connectivity index (χ4v) is 3.09. The van der Waals surface area contributed by atoms with Crippen LogP contribution in [-0.2, 0) is 16.0 Å². The summed E-state index contributed by atoms with van der Waals surface area (Å²) in [6, 6.07) is 8.43. The van der Waals surface area contributed by atoms with Crippen LogP contribution in [0.25, 0.3) is 0 Å². The van der Waals surface area contributed by atoms with Crippen molar-refractivity contribution < 1.29 is 9.53 Å². The molecule has 1 aromatic carbocycles. The van der Waals surface area contributed by atoms with Gasteiger partial charge in [0.2, 0.25) is 0 Å². The van der Waals surface area contributed by atoms with Crippen LogP contribution in [-0.4, -0.2) is 18.5 Å². The molecule has 2 nitrogen and oxygen atoms in total. The minimum atomic E-state index is -0.519. The first-order valence-corrected chi connectivity index (χ1v) is 7.75. The summed E-state index contributed by atoms with van der Waals surface area (Å²) in [5, 5.41) is 0. The average Bonchev–Trinajstić information content (AvgIpc) is 2.48. The normalized spacial score (nSPS) is 18.2. The van der Waals surface area contributed by atoms with Crippen LogP contribution in [0, 0.1) is 0 Å². The first-order chi connectivity index (χ1) is 9.57. The van der Waals surface area contributed by atoms with Crippen molar-refractivity contribution in [2.45, 2.75) is 63.9 Å². The Morgan fingerprint density at radius 1 is 1.15 bits per heavy atom. The molecule has 1 aliphatic rings. The van der Waals surface area contributed by atoms with Gasteiger partial charge in [0.25, 0.3) is 0 Å². The largest absolute Gasteiger partial charge is 0.370 e. The number of Topliss-reactive ketones (excluding diaryl/α,β-unsaturated/α-hetero) is 1. The van der Waals surface area contributed by atoms with Crippen LogP contribution in [0.3, 0.4) is 0 Å². The first kappa shape index (κ1) is 15.2. The first-order valence-electron chi connectivity index (χ1n) is 7.75. The smallest absolute Gasteiger partial charge is 0.168 e. The van der Waals surface area contributed by atoms with Gasteiger partial charge >= 0.3 is 0 Å². The standard InChI is InChI=1S/C18H26O2/c1-14(2)16-9-7-15(8-10-16)13-17(19)18(20-3)11-5-4-6-12-18/h7-10,14H,4-6,11-13H2,1-3H3. The van der Waals surface area contributed by atoms with Crippen LogP contribution in [0.5, 0.6) is 0 Å². The molecule has 110 valence electrons. The van der Waals surface area contributed by atoms with Gasteiger partial charge in [-0.25, -0.2) is 0 Å². The second-order valence-electron chi connectivity index (χ2n) is 6.26. The van der Waals surface area contributed by atoms with E-state index in [0.717, 1.165) is 31.2 Å². The van der Waals surface area contributed by atoms with Crippen LogP contribution >= 0.6 is 0 Å². The van der Waals surface area contributed by atoms with E-state index < -0.39 is 5.60 Å². The number of rotatable bonds is 5. The third-order valence-electron chi connectivity index (χ3n) is 4.57. The van der Waals surface area contributed by atoms with E-state index >= 15 is 0 Å². The topological polar surface area (TPSA) is 26.3 Å². The monoisotopic (exact) mass is 274 g/mol. The molecular weight excluding hydrogens is 248 g/mol. The van der Waals surface area contributed by atoms with Crippen molar-refractivity contribution in [3.8, 4) is 0 Å². The van der Waals surface area contributed by atoms with Gasteiger partial charge in [-0.15, -0.1) is 0 Å². The molecule has 0 spiro atoms. The molecule has 2 heteroatoms. The zero-order chi connectivity index (χ0) is 14.6. The fourth-order valence-electron chi connectivity index (χ4n) is 3.09. The summed E-state index contributed by atoms with van der Waals surface area (Å²) in [6.45, 7) is 4.37. The van der Waals surface area contributed by atoms with E-state index in [0.29, 0.717) is 12.3 Å². The molecular formula is C18H26O2. The average molecular weight is 274 g/mol. The van der Waals surface area contributed by atoms with Crippen LogP contribution in [0.2, 0.25) is 0 Å². The maximum absolute atomic E-state index is 12.6. The zero-order valence-electron chi connectivity index (χ0n) is 12.9. The van der Waals surface area contributed by atoms with Gasteiger partial charge in [-0.2, -0.15) is 0 Å². The van der Waals surface area contributed by atoms with E-state index in [4.69, 9.17) is 4.74 Å².